The summed E-state index contributed by atoms with van der Waals surface area (Å²) in [6.07, 6.45) is 8.03. The van der Waals surface area contributed by atoms with Crippen molar-refractivity contribution in [2.45, 2.75) is 12.6 Å². The minimum Gasteiger partial charge on any atom is -0.446 e. The quantitative estimate of drug-likeness (QED) is 0.557. The number of hydrogen-bond donors (Lipinski definition) is 0. The minimum atomic E-state index is -0.358. The summed E-state index contributed by atoms with van der Waals surface area (Å²) < 4.78 is 10.6. The maximum Gasteiger partial charge on any atom is 0.293 e. The van der Waals surface area contributed by atoms with Gasteiger partial charge in [0.1, 0.15) is 6.04 Å². The second-order valence-corrected chi connectivity index (χ2v) is 6.27. The SMILES string of the molecule is O=C(c1ccno1)N1Cc2cc(-c3cccnc3)ccc2C1c1cnco1. The number of aromatic nitrogens is 3. The van der Waals surface area contributed by atoms with Gasteiger partial charge in [-0.2, -0.15) is 0 Å². The number of carbonyl (C=O) groups is 1. The molecule has 1 amide bonds. The summed E-state index contributed by atoms with van der Waals surface area (Å²) in [5.74, 6) is 0.559. The summed E-state index contributed by atoms with van der Waals surface area (Å²) in [6.45, 7) is 0.439. The average molecular weight is 358 g/mol. The summed E-state index contributed by atoms with van der Waals surface area (Å²) in [4.78, 5) is 22.9. The van der Waals surface area contributed by atoms with Crippen molar-refractivity contribution in [3.05, 3.63) is 90.2 Å². The van der Waals surface area contributed by atoms with Gasteiger partial charge in [0.25, 0.3) is 5.91 Å². The molecule has 132 valence electrons. The van der Waals surface area contributed by atoms with Crippen LogP contribution in [0, 0.1) is 0 Å². The van der Waals surface area contributed by atoms with Crippen molar-refractivity contribution in [2.75, 3.05) is 0 Å². The highest BCUT2D eigenvalue weighted by atomic mass is 16.5. The lowest BCUT2D eigenvalue weighted by Gasteiger charge is -2.22. The molecule has 1 atom stereocenters. The highest BCUT2D eigenvalue weighted by molar-refractivity contribution is 5.92. The van der Waals surface area contributed by atoms with Crippen LogP contribution in [0.5, 0.6) is 0 Å². The van der Waals surface area contributed by atoms with Crippen LogP contribution in [0.4, 0.5) is 0 Å². The molecule has 0 bridgehead atoms. The Bertz CT molecular complexity index is 1080. The zero-order valence-electron chi connectivity index (χ0n) is 14.1. The molecule has 1 aromatic carbocycles. The molecular formula is C20H14N4O3. The summed E-state index contributed by atoms with van der Waals surface area (Å²) in [6, 6.07) is 11.3. The number of oxazole rings is 1. The van der Waals surface area contributed by atoms with E-state index in [1.165, 1.54) is 12.6 Å². The van der Waals surface area contributed by atoms with Crippen molar-refractivity contribution in [1.29, 1.82) is 0 Å². The zero-order chi connectivity index (χ0) is 18.2. The molecule has 7 heteroatoms. The van der Waals surface area contributed by atoms with Gasteiger partial charge in [-0.1, -0.05) is 23.4 Å². The van der Waals surface area contributed by atoms with Crippen LogP contribution in [0.15, 0.2) is 76.5 Å². The molecule has 3 aromatic heterocycles. The fourth-order valence-electron chi connectivity index (χ4n) is 3.49. The predicted octanol–water partition coefficient (Wildman–Crippen LogP) is 3.47. The number of carbonyl (C=O) groups excluding carboxylic acids is 1. The number of hydrogen-bond acceptors (Lipinski definition) is 6. The van der Waals surface area contributed by atoms with E-state index in [9.17, 15) is 4.79 Å². The maximum absolute atomic E-state index is 13.0. The minimum absolute atomic E-state index is 0.194. The Kier molecular flexibility index (Phi) is 3.57. The molecule has 0 N–H and O–H groups in total. The third kappa shape index (κ3) is 2.60. The number of benzene rings is 1. The summed E-state index contributed by atoms with van der Waals surface area (Å²) >= 11 is 0. The molecule has 1 unspecified atom stereocenters. The molecule has 0 fully saturated rings. The Balaban J connectivity index is 1.58. The normalized spacial score (nSPS) is 15.7. The van der Waals surface area contributed by atoms with E-state index >= 15 is 0 Å². The second-order valence-electron chi connectivity index (χ2n) is 6.27. The van der Waals surface area contributed by atoms with Crippen molar-refractivity contribution < 1.29 is 13.7 Å². The number of nitrogens with zero attached hydrogens (tertiary/aromatic N) is 4. The first-order chi connectivity index (χ1) is 13.3. The maximum atomic E-state index is 13.0. The molecule has 7 nitrogen and oxygen atoms in total. The van der Waals surface area contributed by atoms with Crippen molar-refractivity contribution in [2.24, 2.45) is 0 Å². The molecule has 4 heterocycles. The largest absolute Gasteiger partial charge is 0.446 e. The average Bonchev–Trinajstić information content (AvgIpc) is 3.47. The summed E-state index contributed by atoms with van der Waals surface area (Å²) in [5, 5.41) is 3.64. The molecule has 5 rings (SSSR count). The third-order valence-electron chi connectivity index (χ3n) is 4.72. The topological polar surface area (TPSA) is 85.3 Å². The van der Waals surface area contributed by atoms with Gasteiger partial charge < -0.3 is 13.8 Å². The van der Waals surface area contributed by atoms with Crippen molar-refractivity contribution >= 4 is 5.91 Å². The molecule has 0 saturated heterocycles. The van der Waals surface area contributed by atoms with Crippen LogP contribution in [0.1, 0.15) is 33.5 Å². The van der Waals surface area contributed by atoms with Gasteiger partial charge in [0.15, 0.2) is 12.2 Å². The Morgan fingerprint density at radius 3 is 2.78 bits per heavy atom. The Morgan fingerprint density at radius 1 is 1.07 bits per heavy atom. The lowest BCUT2D eigenvalue weighted by Crippen LogP contribution is -2.29. The number of pyridine rings is 1. The van der Waals surface area contributed by atoms with E-state index in [4.69, 9.17) is 8.94 Å². The van der Waals surface area contributed by atoms with Gasteiger partial charge in [0.05, 0.1) is 12.4 Å². The molecule has 1 aliphatic heterocycles. The summed E-state index contributed by atoms with van der Waals surface area (Å²) in [7, 11) is 0. The van der Waals surface area contributed by atoms with Crippen LogP contribution in [0.2, 0.25) is 0 Å². The van der Waals surface area contributed by atoms with E-state index in [1.54, 1.807) is 23.4 Å². The van der Waals surface area contributed by atoms with Crippen molar-refractivity contribution in [3.8, 4) is 11.1 Å². The smallest absolute Gasteiger partial charge is 0.293 e. The number of rotatable bonds is 3. The molecular weight excluding hydrogens is 344 g/mol. The van der Waals surface area contributed by atoms with Crippen LogP contribution in [-0.4, -0.2) is 25.9 Å². The van der Waals surface area contributed by atoms with Gasteiger partial charge in [-0.3, -0.25) is 9.78 Å². The second kappa shape index (κ2) is 6.21. The third-order valence-corrected chi connectivity index (χ3v) is 4.72. The first-order valence-electron chi connectivity index (χ1n) is 8.44. The molecule has 4 aromatic rings. The fraction of sp³-hybridized carbons (Fsp3) is 0.100. The molecule has 0 spiro atoms. The Morgan fingerprint density at radius 2 is 2.04 bits per heavy atom. The van der Waals surface area contributed by atoms with Crippen LogP contribution in [0.3, 0.4) is 0 Å². The summed E-state index contributed by atoms with van der Waals surface area (Å²) in [5.41, 5.74) is 4.13. The lowest BCUT2D eigenvalue weighted by molar-refractivity contribution is 0.0661. The van der Waals surface area contributed by atoms with E-state index in [0.717, 1.165) is 22.3 Å². The van der Waals surface area contributed by atoms with E-state index in [1.807, 2.05) is 30.5 Å². The molecule has 0 saturated carbocycles. The van der Waals surface area contributed by atoms with Gasteiger partial charge >= 0.3 is 0 Å². The van der Waals surface area contributed by atoms with Gasteiger partial charge in [0, 0.05) is 25.0 Å². The van der Waals surface area contributed by atoms with Crippen LogP contribution < -0.4 is 0 Å². The lowest BCUT2D eigenvalue weighted by atomic mass is 9.98. The highest BCUT2D eigenvalue weighted by Crippen LogP contribution is 2.40. The van der Waals surface area contributed by atoms with E-state index < -0.39 is 0 Å². The number of amides is 1. The highest BCUT2D eigenvalue weighted by Gasteiger charge is 2.38. The van der Waals surface area contributed by atoms with Crippen LogP contribution in [-0.2, 0) is 6.54 Å². The van der Waals surface area contributed by atoms with E-state index in [2.05, 4.69) is 21.2 Å². The molecule has 1 aliphatic rings. The van der Waals surface area contributed by atoms with Crippen LogP contribution in [0.25, 0.3) is 11.1 Å². The Labute approximate surface area is 154 Å². The predicted molar refractivity (Wildman–Crippen MR) is 94.4 cm³/mol. The molecule has 0 aliphatic carbocycles. The first kappa shape index (κ1) is 15.5. The van der Waals surface area contributed by atoms with Crippen LogP contribution >= 0.6 is 0 Å². The van der Waals surface area contributed by atoms with Gasteiger partial charge in [-0.25, -0.2) is 4.98 Å². The van der Waals surface area contributed by atoms with Crippen molar-refractivity contribution in [3.63, 3.8) is 0 Å². The zero-order valence-corrected chi connectivity index (χ0v) is 14.1. The Hall–Kier alpha value is -3.74. The van der Waals surface area contributed by atoms with E-state index in [0.29, 0.717) is 12.3 Å². The molecule has 0 radical (unpaired) electrons. The van der Waals surface area contributed by atoms with Gasteiger partial charge in [0.2, 0.25) is 5.76 Å². The number of fused-ring (bicyclic) bond motifs is 1. The fourth-order valence-corrected chi connectivity index (χ4v) is 3.49. The monoisotopic (exact) mass is 358 g/mol. The standard InChI is InChI=1S/C20H14N4O3/c25-20(17-5-7-23-27-17)24-11-15-8-13(14-2-1-6-21-9-14)3-4-16(15)19(24)18-10-22-12-26-18/h1-10,12,19H,11H2. The van der Waals surface area contributed by atoms with Gasteiger partial charge in [-0.05, 0) is 34.4 Å². The van der Waals surface area contributed by atoms with E-state index in [-0.39, 0.29) is 17.7 Å². The first-order valence-corrected chi connectivity index (χ1v) is 8.44. The van der Waals surface area contributed by atoms with Crippen molar-refractivity contribution in [1.82, 2.24) is 20.0 Å². The van der Waals surface area contributed by atoms with Gasteiger partial charge in [-0.15, -0.1) is 0 Å². The molecule has 27 heavy (non-hydrogen) atoms.